The largest absolute Gasteiger partial charge is 0.463 e. The van der Waals surface area contributed by atoms with Gasteiger partial charge in [-0.15, -0.1) is 0 Å². The fourth-order valence-corrected chi connectivity index (χ4v) is 2.49. The molecule has 4 heteroatoms. The van der Waals surface area contributed by atoms with Gasteiger partial charge in [0, 0.05) is 0 Å². The number of hydrogen-bond acceptors (Lipinski definition) is 4. The van der Waals surface area contributed by atoms with Crippen molar-refractivity contribution in [3.63, 3.8) is 0 Å². The van der Waals surface area contributed by atoms with Crippen molar-refractivity contribution in [2.24, 2.45) is 9.98 Å². The van der Waals surface area contributed by atoms with E-state index in [0.29, 0.717) is 0 Å². The van der Waals surface area contributed by atoms with Gasteiger partial charge in [-0.05, 0) is 59.7 Å². The van der Waals surface area contributed by atoms with E-state index in [4.69, 9.17) is 8.83 Å². The van der Waals surface area contributed by atoms with Crippen LogP contribution in [0.2, 0.25) is 0 Å². The molecule has 0 radical (unpaired) electrons. The maximum Gasteiger partial charge on any atom is 0.144 e. The lowest BCUT2D eigenvalue weighted by Gasteiger charge is -2.03. The van der Waals surface area contributed by atoms with Gasteiger partial charge in [0.1, 0.15) is 11.5 Å². The Morgan fingerprint density at radius 2 is 0.962 bits per heavy atom. The van der Waals surface area contributed by atoms with Crippen molar-refractivity contribution in [3.8, 4) is 11.1 Å². The zero-order chi connectivity index (χ0) is 17.6. The average molecular weight is 340 g/mol. The van der Waals surface area contributed by atoms with Crippen molar-refractivity contribution in [3.05, 3.63) is 96.8 Å². The molecule has 4 aromatic rings. The summed E-state index contributed by atoms with van der Waals surface area (Å²) in [6, 6.07) is 23.6. The molecule has 0 unspecified atom stereocenters. The van der Waals surface area contributed by atoms with Gasteiger partial charge in [0.05, 0.1) is 36.3 Å². The van der Waals surface area contributed by atoms with Crippen LogP contribution in [0.25, 0.3) is 11.1 Å². The molecule has 0 N–H and O–H groups in total. The number of furan rings is 2. The lowest BCUT2D eigenvalue weighted by molar-refractivity contribution is 0.560. The van der Waals surface area contributed by atoms with Crippen LogP contribution >= 0.6 is 0 Å². The number of nitrogens with zero attached hydrogens (tertiary/aromatic N) is 2. The molecule has 0 bridgehead atoms. The average Bonchev–Trinajstić information content (AvgIpc) is 3.40. The summed E-state index contributed by atoms with van der Waals surface area (Å²) in [7, 11) is 0. The zero-order valence-electron chi connectivity index (χ0n) is 13.9. The predicted molar refractivity (Wildman–Crippen MR) is 104 cm³/mol. The normalized spacial score (nSPS) is 11.5. The second-order valence-corrected chi connectivity index (χ2v) is 5.64. The van der Waals surface area contributed by atoms with Crippen LogP contribution in [-0.2, 0) is 0 Å². The predicted octanol–water partition coefficient (Wildman–Crippen LogP) is 6.04. The molecule has 0 atom stereocenters. The molecular weight excluding hydrogens is 324 g/mol. The summed E-state index contributed by atoms with van der Waals surface area (Å²) in [5.41, 5.74) is 4.02. The molecule has 0 aliphatic carbocycles. The molecule has 26 heavy (non-hydrogen) atoms. The highest BCUT2D eigenvalue weighted by Gasteiger charge is 1.99. The molecule has 4 rings (SSSR count). The van der Waals surface area contributed by atoms with Gasteiger partial charge < -0.3 is 8.83 Å². The van der Waals surface area contributed by atoms with E-state index in [1.54, 1.807) is 25.0 Å². The highest BCUT2D eigenvalue weighted by molar-refractivity contribution is 5.80. The number of aliphatic imine (C=N–C) groups is 2. The quantitative estimate of drug-likeness (QED) is 0.416. The molecular formula is C22H16N2O2. The van der Waals surface area contributed by atoms with E-state index in [1.807, 2.05) is 48.5 Å². The maximum absolute atomic E-state index is 5.24. The summed E-state index contributed by atoms with van der Waals surface area (Å²) in [5, 5.41) is 0. The van der Waals surface area contributed by atoms with Crippen molar-refractivity contribution in [1.82, 2.24) is 0 Å². The van der Waals surface area contributed by atoms with Crippen LogP contribution in [0.1, 0.15) is 11.5 Å². The van der Waals surface area contributed by atoms with E-state index < -0.39 is 0 Å². The minimum Gasteiger partial charge on any atom is -0.463 e. The molecule has 0 aliphatic heterocycles. The monoisotopic (exact) mass is 340 g/mol. The highest BCUT2D eigenvalue weighted by atomic mass is 16.3. The molecule has 0 fully saturated rings. The van der Waals surface area contributed by atoms with Gasteiger partial charge in [0.25, 0.3) is 0 Å². The van der Waals surface area contributed by atoms with Crippen LogP contribution in [0.5, 0.6) is 0 Å². The van der Waals surface area contributed by atoms with Gasteiger partial charge >= 0.3 is 0 Å². The van der Waals surface area contributed by atoms with Gasteiger partial charge in [0.2, 0.25) is 0 Å². The molecule has 0 saturated carbocycles. The van der Waals surface area contributed by atoms with E-state index in [-0.39, 0.29) is 0 Å². The molecule has 0 amide bonds. The smallest absolute Gasteiger partial charge is 0.144 e. The van der Waals surface area contributed by atoms with Gasteiger partial charge in [-0.25, -0.2) is 0 Å². The number of hydrogen-bond donors (Lipinski definition) is 0. The minimum atomic E-state index is 0.736. The first-order chi connectivity index (χ1) is 12.9. The molecule has 0 spiro atoms. The first-order valence-corrected chi connectivity index (χ1v) is 8.22. The lowest BCUT2D eigenvalue weighted by atomic mass is 10.1. The summed E-state index contributed by atoms with van der Waals surface area (Å²) >= 11 is 0. The van der Waals surface area contributed by atoms with E-state index in [1.165, 1.54) is 0 Å². The SMILES string of the molecule is C(=Nc1ccc(-c2ccc(N=Cc3ccco3)cc2)cc1)c1ccco1. The van der Waals surface area contributed by atoms with Gasteiger partial charge in [0.15, 0.2) is 0 Å². The van der Waals surface area contributed by atoms with Gasteiger partial charge in [-0.3, -0.25) is 9.98 Å². The highest BCUT2D eigenvalue weighted by Crippen LogP contribution is 2.25. The Balaban J connectivity index is 1.45. The molecule has 0 saturated heterocycles. The van der Waals surface area contributed by atoms with Crippen molar-refractivity contribution in [1.29, 1.82) is 0 Å². The fraction of sp³-hybridized carbons (Fsp3) is 0. The third kappa shape index (κ3) is 3.87. The summed E-state index contributed by atoms with van der Waals surface area (Å²) in [6.45, 7) is 0. The van der Waals surface area contributed by atoms with Crippen LogP contribution in [0, 0.1) is 0 Å². The Morgan fingerprint density at radius 1 is 0.538 bits per heavy atom. The van der Waals surface area contributed by atoms with Crippen LogP contribution in [-0.4, -0.2) is 12.4 Å². The van der Waals surface area contributed by atoms with E-state index >= 15 is 0 Å². The van der Waals surface area contributed by atoms with Crippen LogP contribution in [0.3, 0.4) is 0 Å². The second kappa shape index (κ2) is 7.49. The van der Waals surface area contributed by atoms with Gasteiger partial charge in [-0.1, -0.05) is 24.3 Å². The summed E-state index contributed by atoms with van der Waals surface area (Å²) in [5.74, 6) is 1.47. The third-order valence-corrected chi connectivity index (χ3v) is 3.84. The fourth-order valence-electron chi connectivity index (χ4n) is 2.49. The second-order valence-electron chi connectivity index (χ2n) is 5.64. The van der Waals surface area contributed by atoms with E-state index in [0.717, 1.165) is 34.0 Å². The first kappa shape index (κ1) is 15.8. The Bertz CT molecular complexity index is 909. The zero-order valence-corrected chi connectivity index (χ0v) is 13.9. The summed E-state index contributed by atoms with van der Waals surface area (Å²) in [4.78, 5) is 8.80. The van der Waals surface area contributed by atoms with Gasteiger partial charge in [-0.2, -0.15) is 0 Å². The summed E-state index contributed by atoms with van der Waals surface area (Å²) in [6.07, 6.45) is 6.68. The Morgan fingerprint density at radius 3 is 1.31 bits per heavy atom. The molecule has 2 aromatic heterocycles. The third-order valence-electron chi connectivity index (χ3n) is 3.84. The van der Waals surface area contributed by atoms with E-state index in [9.17, 15) is 0 Å². The summed E-state index contributed by atoms with van der Waals surface area (Å²) < 4.78 is 10.5. The topological polar surface area (TPSA) is 51.0 Å². The maximum atomic E-state index is 5.24. The van der Waals surface area contributed by atoms with E-state index in [2.05, 4.69) is 34.3 Å². The van der Waals surface area contributed by atoms with Crippen molar-refractivity contribution in [2.75, 3.05) is 0 Å². The van der Waals surface area contributed by atoms with Crippen molar-refractivity contribution >= 4 is 23.8 Å². The molecule has 4 nitrogen and oxygen atoms in total. The molecule has 126 valence electrons. The minimum absolute atomic E-state index is 0.736. The Hall–Kier alpha value is -3.66. The van der Waals surface area contributed by atoms with Crippen molar-refractivity contribution < 1.29 is 8.83 Å². The molecule has 2 aromatic carbocycles. The lowest BCUT2D eigenvalue weighted by Crippen LogP contribution is -1.78. The van der Waals surface area contributed by atoms with Crippen molar-refractivity contribution in [2.45, 2.75) is 0 Å². The Labute approximate surface area is 151 Å². The standard InChI is InChI=1S/C22H16N2O2/c1-3-21(25-13-1)15-23-19-9-5-17(6-10-19)18-7-11-20(12-8-18)24-16-22-4-2-14-26-22/h1-16H. The van der Waals surface area contributed by atoms with Crippen LogP contribution in [0.4, 0.5) is 11.4 Å². The molecule has 2 heterocycles. The molecule has 0 aliphatic rings. The number of rotatable bonds is 5. The first-order valence-electron chi connectivity index (χ1n) is 8.22. The van der Waals surface area contributed by atoms with Crippen LogP contribution < -0.4 is 0 Å². The Kier molecular flexibility index (Phi) is 4.56. The van der Waals surface area contributed by atoms with Crippen LogP contribution in [0.15, 0.2) is 104 Å². The number of benzene rings is 2.